The molecule has 32 heavy (non-hydrogen) atoms. The smallest absolute Gasteiger partial charge is 0.378 e. The number of hydrogen-bond donors (Lipinski definition) is 1. The van der Waals surface area contributed by atoms with E-state index in [1.165, 1.54) is 36.1 Å². The molecule has 2 aliphatic heterocycles. The van der Waals surface area contributed by atoms with E-state index in [-0.39, 0.29) is 47.2 Å². The standard InChI is InChI=1S/C21H17F4N3O3S/c1-11-2-3-12(8-15(11)21(23,24)25)27-18(30)20(6-7-31-10-20)28(19(27)32)13-4-5-14(17(26)29)16(22)9-13/h2-5,8-9H,6-7,10H2,1H3,(H2,26,29)/t20-/m1/s1. The first kappa shape index (κ1) is 22.2. The van der Waals surface area contributed by atoms with Crippen molar-refractivity contribution in [3.8, 4) is 0 Å². The molecular weight excluding hydrogens is 450 g/mol. The molecule has 0 aromatic heterocycles. The van der Waals surface area contributed by atoms with Gasteiger partial charge in [0.15, 0.2) is 10.7 Å². The Labute approximate surface area is 185 Å². The van der Waals surface area contributed by atoms with Gasteiger partial charge in [0.1, 0.15) is 5.82 Å². The minimum Gasteiger partial charge on any atom is -0.378 e. The number of carbonyl (C=O) groups excluding carboxylic acids is 2. The summed E-state index contributed by atoms with van der Waals surface area (Å²) < 4.78 is 60.2. The summed E-state index contributed by atoms with van der Waals surface area (Å²) in [5.41, 5.74) is 2.67. The third-order valence-corrected chi connectivity index (χ3v) is 6.04. The highest BCUT2D eigenvalue weighted by Crippen LogP contribution is 2.43. The Morgan fingerprint density at radius 2 is 1.88 bits per heavy atom. The number of alkyl halides is 3. The van der Waals surface area contributed by atoms with Crippen molar-refractivity contribution in [2.24, 2.45) is 5.73 Å². The molecule has 2 amide bonds. The van der Waals surface area contributed by atoms with E-state index in [1.54, 1.807) is 0 Å². The molecule has 2 heterocycles. The topological polar surface area (TPSA) is 75.9 Å². The second-order valence-electron chi connectivity index (χ2n) is 7.62. The minimum absolute atomic E-state index is 0.00121. The number of nitrogens with zero attached hydrogens (tertiary/aromatic N) is 2. The van der Waals surface area contributed by atoms with Crippen molar-refractivity contribution in [2.45, 2.75) is 25.1 Å². The van der Waals surface area contributed by atoms with E-state index < -0.39 is 34.9 Å². The molecule has 1 spiro atoms. The van der Waals surface area contributed by atoms with Gasteiger partial charge in [-0.2, -0.15) is 13.2 Å². The highest BCUT2D eigenvalue weighted by atomic mass is 32.1. The number of halogens is 4. The fourth-order valence-electron chi connectivity index (χ4n) is 4.06. The minimum atomic E-state index is -4.62. The summed E-state index contributed by atoms with van der Waals surface area (Å²) in [6, 6.07) is 7.06. The second-order valence-corrected chi connectivity index (χ2v) is 7.98. The molecule has 6 nitrogen and oxygen atoms in total. The number of benzene rings is 2. The van der Waals surface area contributed by atoms with E-state index in [2.05, 4.69) is 0 Å². The molecule has 0 radical (unpaired) electrons. The molecule has 0 unspecified atom stereocenters. The maximum absolute atomic E-state index is 14.5. The first-order valence-corrected chi connectivity index (χ1v) is 9.92. The number of anilines is 2. The van der Waals surface area contributed by atoms with Crippen LogP contribution in [0, 0.1) is 12.7 Å². The molecular formula is C21H17F4N3O3S. The molecule has 2 aliphatic rings. The van der Waals surface area contributed by atoms with Crippen LogP contribution in [0.2, 0.25) is 0 Å². The highest BCUT2D eigenvalue weighted by Gasteiger charge is 2.58. The van der Waals surface area contributed by atoms with Crippen molar-refractivity contribution in [3.63, 3.8) is 0 Å². The average Bonchev–Trinajstić information content (AvgIpc) is 3.26. The van der Waals surface area contributed by atoms with E-state index in [0.717, 1.165) is 17.0 Å². The number of ether oxygens (including phenoxy) is 1. The van der Waals surface area contributed by atoms with Crippen LogP contribution in [-0.2, 0) is 15.7 Å². The monoisotopic (exact) mass is 467 g/mol. The Hall–Kier alpha value is -3.05. The molecule has 11 heteroatoms. The van der Waals surface area contributed by atoms with Crippen LogP contribution in [0.3, 0.4) is 0 Å². The normalized spacial score (nSPS) is 21.2. The van der Waals surface area contributed by atoms with E-state index in [0.29, 0.717) is 0 Å². The molecule has 2 N–H and O–H groups in total. The van der Waals surface area contributed by atoms with E-state index in [9.17, 15) is 27.2 Å². The number of hydrogen-bond acceptors (Lipinski definition) is 4. The van der Waals surface area contributed by atoms with Gasteiger partial charge in [0.25, 0.3) is 11.8 Å². The Morgan fingerprint density at radius 1 is 1.19 bits per heavy atom. The molecule has 168 valence electrons. The lowest BCUT2D eigenvalue weighted by Gasteiger charge is -2.31. The zero-order valence-corrected chi connectivity index (χ0v) is 17.5. The van der Waals surface area contributed by atoms with Crippen LogP contribution in [0.4, 0.5) is 28.9 Å². The Kier molecular flexibility index (Phi) is 5.21. The molecule has 0 saturated carbocycles. The van der Waals surface area contributed by atoms with Gasteiger partial charge in [-0.3, -0.25) is 14.5 Å². The fourth-order valence-corrected chi connectivity index (χ4v) is 4.52. The van der Waals surface area contributed by atoms with Crippen molar-refractivity contribution in [1.29, 1.82) is 0 Å². The average molecular weight is 467 g/mol. The van der Waals surface area contributed by atoms with Crippen molar-refractivity contribution < 1.29 is 31.9 Å². The molecule has 4 rings (SSSR count). The Bertz CT molecular complexity index is 1150. The summed E-state index contributed by atoms with van der Waals surface area (Å²) in [4.78, 5) is 27.3. The number of amides is 2. The van der Waals surface area contributed by atoms with Crippen LogP contribution in [0.1, 0.15) is 27.9 Å². The maximum Gasteiger partial charge on any atom is 0.416 e. The van der Waals surface area contributed by atoms with Crippen LogP contribution < -0.4 is 15.5 Å². The van der Waals surface area contributed by atoms with E-state index in [1.807, 2.05) is 0 Å². The summed E-state index contributed by atoms with van der Waals surface area (Å²) >= 11 is 5.49. The number of thiocarbonyl (C=S) groups is 1. The Morgan fingerprint density at radius 3 is 2.44 bits per heavy atom. The predicted octanol–water partition coefficient (Wildman–Crippen LogP) is 3.55. The number of carbonyl (C=O) groups is 2. The molecule has 2 saturated heterocycles. The maximum atomic E-state index is 14.5. The summed E-state index contributed by atoms with van der Waals surface area (Å²) in [6.07, 6.45) is -4.42. The van der Waals surface area contributed by atoms with E-state index in [4.69, 9.17) is 22.7 Å². The van der Waals surface area contributed by atoms with Crippen molar-refractivity contribution in [1.82, 2.24) is 0 Å². The first-order valence-electron chi connectivity index (χ1n) is 9.51. The van der Waals surface area contributed by atoms with Crippen LogP contribution in [0.25, 0.3) is 0 Å². The lowest BCUT2D eigenvalue weighted by atomic mass is 9.95. The summed E-state index contributed by atoms with van der Waals surface area (Å²) in [5.74, 6) is -2.45. The van der Waals surface area contributed by atoms with Gasteiger partial charge in [-0.25, -0.2) is 4.39 Å². The molecule has 0 aliphatic carbocycles. The summed E-state index contributed by atoms with van der Waals surface area (Å²) in [5, 5.41) is -0.122. The molecule has 0 bridgehead atoms. The zero-order chi connectivity index (χ0) is 23.4. The second kappa shape index (κ2) is 7.52. The SMILES string of the molecule is Cc1ccc(N2C(=O)[C@]3(CCOC3)N(c3ccc(C(N)=O)c(F)c3)C2=S)cc1C(F)(F)F. The molecule has 2 aromatic rings. The predicted molar refractivity (Wildman–Crippen MR) is 112 cm³/mol. The Balaban J connectivity index is 1.84. The van der Waals surface area contributed by atoms with Crippen molar-refractivity contribution in [2.75, 3.05) is 23.0 Å². The molecule has 2 fully saturated rings. The summed E-state index contributed by atoms with van der Waals surface area (Å²) in [7, 11) is 0. The van der Waals surface area contributed by atoms with Gasteiger partial charge in [0, 0.05) is 18.7 Å². The largest absolute Gasteiger partial charge is 0.416 e. The van der Waals surface area contributed by atoms with Crippen LogP contribution >= 0.6 is 12.2 Å². The quantitative estimate of drug-likeness (QED) is 0.552. The van der Waals surface area contributed by atoms with Gasteiger partial charge in [-0.15, -0.1) is 0 Å². The third kappa shape index (κ3) is 3.32. The zero-order valence-electron chi connectivity index (χ0n) is 16.7. The van der Waals surface area contributed by atoms with Gasteiger partial charge < -0.3 is 15.4 Å². The van der Waals surface area contributed by atoms with Crippen molar-refractivity contribution >= 4 is 40.5 Å². The van der Waals surface area contributed by atoms with Gasteiger partial charge in [0.05, 0.1) is 23.4 Å². The summed E-state index contributed by atoms with van der Waals surface area (Å²) in [6.45, 7) is 1.44. The number of rotatable bonds is 3. The lowest BCUT2D eigenvalue weighted by Crippen LogP contribution is -2.50. The number of nitrogens with two attached hydrogens (primary N) is 1. The van der Waals surface area contributed by atoms with Crippen LogP contribution in [0.5, 0.6) is 0 Å². The van der Waals surface area contributed by atoms with Crippen LogP contribution in [0.15, 0.2) is 36.4 Å². The lowest BCUT2D eigenvalue weighted by molar-refractivity contribution is -0.138. The third-order valence-electron chi connectivity index (χ3n) is 5.67. The van der Waals surface area contributed by atoms with Gasteiger partial charge >= 0.3 is 6.18 Å². The van der Waals surface area contributed by atoms with Gasteiger partial charge in [-0.1, -0.05) is 6.07 Å². The number of primary amides is 1. The first-order chi connectivity index (χ1) is 15.0. The molecule has 1 atom stereocenters. The van der Waals surface area contributed by atoms with Crippen LogP contribution in [-0.4, -0.2) is 35.7 Å². The van der Waals surface area contributed by atoms with E-state index >= 15 is 0 Å². The van der Waals surface area contributed by atoms with Crippen molar-refractivity contribution in [3.05, 3.63) is 58.9 Å². The highest BCUT2D eigenvalue weighted by molar-refractivity contribution is 7.81. The molecule has 2 aromatic carbocycles. The fraction of sp³-hybridized carbons (Fsp3) is 0.286. The van der Waals surface area contributed by atoms with Gasteiger partial charge in [0.2, 0.25) is 0 Å². The van der Waals surface area contributed by atoms with Gasteiger partial charge in [-0.05, 0) is 55.0 Å². The number of aryl methyl sites for hydroxylation is 1.